The number of likely N-dealkylation sites (tertiary alicyclic amines) is 1. The molecule has 1 saturated heterocycles. The van der Waals surface area contributed by atoms with Crippen molar-refractivity contribution in [1.82, 2.24) is 20.5 Å². The van der Waals surface area contributed by atoms with Crippen molar-refractivity contribution >= 4 is 29.1 Å². The normalized spacial score (nSPS) is 20.7. The lowest BCUT2D eigenvalue weighted by Gasteiger charge is -2.35. The highest BCUT2D eigenvalue weighted by molar-refractivity contribution is 7.13. The fourth-order valence-electron chi connectivity index (χ4n) is 5.35. The van der Waals surface area contributed by atoms with E-state index >= 15 is 0 Å². The van der Waals surface area contributed by atoms with Gasteiger partial charge in [0.1, 0.15) is 17.5 Å². The molecular weight excluding hydrogens is 538 g/mol. The maximum Gasteiger partial charge on any atom is 0.246 e. The number of aromatic nitrogens is 1. The first-order chi connectivity index (χ1) is 19.1. The molecule has 2 aromatic rings. The van der Waals surface area contributed by atoms with E-state index in [4.69, 9.17) is 0 Å². The van der Waals surface area contributed by atoms with Gasteiger partial charge in [-0.2, -0.15) is 5.26 Å². The van der Waals surface area contributed by atoms with E-state index in [1.165, 1.54) is 4.90 Å². The summed E-state index contributed by atoms with van der Waals surface area (Å²) >= 11 is 1.60. The summed E-state index contributed by atoms with van der Waals surface area (Å²) in [5.41, 5.74) is 4.04. The molecule has 0 spiro atoms. The van der Waals surface area contributed by atoms with Gasteiger partial charge in [-0.3, -0.25) is 14.4 Å². The van der Waals surface area contributed by atoms with Gasteiger partial charge in [0.05, 0.1) is 28.3 Å². The second kappa shape index (κ2) is 11.2. The molecule has 1 aliphatic carbocycles. The van der Waals surface area contributed by atoms with Gasteiger partial charge in [0.15, 0.2) is 0 Å². The molecule has 41 heavy (non-hydrogen) atoms. The van der Waals surface area contributed by atoms with E-state index in [0.29, 0.717) is 12.8 Å². The van der Waals surface area contributed by atoms with Crippen molar-refractivity contribution < 1.29 is 19.5 Å². The molecule has 3 amide bonds. The van der Waals surface area contributed by atoms with E-state index < -0.39 is 40.8 Å². The predicted octanol–water partition coefficient (Wildman–Crippen LogP) is 3.83. The number of nitrogens with zero attached hydrogens (tertiary/aromatic N) is 3. The van der Waals surface area contributed by atoms with Crippen molar-refractivity contribution in [3.05, 3.63) is 40.5 Å². The zero-order chi connectivity index (χ0) is 30.3. The molecule has 9 nitrogen and oxygen atoms in total. The Balaban J connectivity index is 1.52. The quantitative estimate of drug-likeness (QED) is 0.456. The SMILES string of the molecule is Cc1ncsc1-c1ccc(CNC(=O)C2CC(O)CN2C(=O)C(NC(=O)C2(C#N)CC2)C(C)(C)C)c(C(C)(C)C)c1. The van der Waals surface area contributed by atoms with Crippen LogP contribution in [0.5, 0.6) is 0 Å². The third-order valence-corrected chi connectivity index (χ3v) is 9.01. The van der Waals surface area contributed by atoms with Crippen LogP contribution in [-0.4, -0.2) is 57.4 Å². The van der Waals surface area contributed by atoms with E-state index in [1.54, 1.807) is 11.3 Å². The zero-order valence-electron chi connectivity index (χ0n) is 25.0. The highest BCUT2D eigenvalue weighted by Crippen LogP contribution is 2.45. The maximum atomic E-state index is 13.8. The van der Waals surface area contributed by atoms with E-state index in [1.807, 2.05) is 45.3 Å². The Hall–Kier alpha value is -3.29. The van der Waals surface area contributed by atoms with Crippen LogP contribution >= 0.6 is 11.3 Å². The van der Waals surface area contributed by atoms with Gasteiger partial charge in [0, 0.05) is 19.5 Å². The van der Waals surface area contributed by atoms with Crippen LogP contribution in [0.3, 0.4) is 0 Å². The standard InChI is InChI=1S/C31H41N5O4S/c1-18-24(41-17-34-18)19-8-9-20(22(12-19)29(2,3)4)14-33-26(38)23-13-21(37)15-36(23)27(39)25(30(5,6)7)35-28(40)31(16-32)10-11-31/h8-9,12,17,21,23,25,37H,10-11,13-15H2,1-7H3,(H,33,38)(H,35,40). The number of benzene rings is 1. The van der Waals surface area contributed by atoms with Gasteiger partial charge in [-0.1, -0.05) is 53.7 Å². The lowest BCUT2D eigenvalue weighted by atomic mass is 9.82. The first-order valence-corrected chi connectivity index (χ1v) is 15.0. The van der Waals surface area contributed by atoms with Crippen molar-refractivity contribution in [3.63, 3.8) is 0 Å². The van der Waals surface area contributed by atoms with Crippen molar-refractivity contribution in [2.24, 2.45) is 10.8 Å². The number of carbonyl (C=O) groups is 3. The lowest BCUT2D eigenvalue weighted by molar-refractivity contribution is -0.144. The molecule has 3 unspecified atom stereocenters. The summed E-state index contributed by atoms with van der Waals surface area (Å²) in [5, 5.41) is 25.7. The Bertz CT molecular complexity index is 1380. The van der Waals surface area contributed by atoms with Crippen LogP contribution < -0.4 is 10.6 Å². The molecule has 2 fully saturated rings. The molecule has 1 aliphatic heterocycles. The van der Waals surface area contributed by atoms with Gasteiger partial charge in [-0.05, 0) is 53.4 Å². The largest absolute Gasteiger partial charge is 0.391 e. The Labute approximate surface area is 246 Å². The number of nitrogens with one attached hydrogen (secondary N) is 2. The number of hydrogen-bond acceptors (Lipinski definition) is 7. The Morgan fingerprint density at radius 2 is 1.90 bits per heavy atom. The molecular formula is C31H41N5O4S. The molecule has 0 bridgehead atoms. The summed E-state index contributed by atoms with van der Waals surface area (Å²) in [6.45, 7) is 14.1. The summed E-state index contributed by atoms with van der Waals surface area (Å²) < 4.78 is 0. The van der Waals surface area contributed by atoms with Crippen LogP contribution in [0.25, 0.3) is 10.4 Å². The highest BCUT2D eigenvalue weighted by atomic mass is 32.1. The first kappa shape index (κ1) is 30.7. The molecule has 3 N–H and O–H groups in total. The van der Waals surface area contributed by atoms with Crippen molar-refractivity contribution in [1.29, 1.82) is 5.26 Å². The van der Waals surface area contributed by atoms with Gasteiger partial charge >= 0.3 is 0 Å². The van der Waals surface area contributed by atoms with E-state index in [0.717, 1.165) is 27.3 Å². The number of carbonyl (C=O) groups excluding carboxylic acids is 3. The van der Waals surface area contributed by atoms with Gasteiger partial charge in [-0.25, -0.2) is 4.98 Å². The van der Waals surface area contributed by atoms with Crippen LogP contribution in [0.15, 0.2) is 23.7 Å². The molecule has 1 aromatic heterocycles. The van der Waals surface area contributed by atoms with Crippen LogP contribution in [0, 0.1) is 29.1 Å². The Morgan fingerprint density at radius 3 is 2.44 bits per heavy atom. The molecule has 220 valence electrons. The molecule has 1 aromatic carbocycles. The molecule has 0 radical (unpaired) electrons. The van der Waals surface area contributed by atoms with Gasteiger partial charge in [-0.15, -0.1) is 11.3 Å². The van der Waals surface area contributed by atoms with Crippen LogP contribution in [0.4, 0.5) is 0 Å². The molecule has 1 saturated carbocycles. The van der Waals surface area contributed by atoms with Crippen LogP contribution in [0.1, 0.15) is 77.6 Å². The number of aliphatic hydroxyl groups excluding tert-OH is 1. The average Bonchev–Trinajstić information content (AvgIpc) is 3.43. The molecule has 2 heterocycles. The monoisotopic (exact) mass is 579 g/mol. The van der Waals surface area contributed by atoms with E-state index in [9.17, 15) is 24.8 Å². The van der Waals surface area contributed by atoms with E-state index in [-0.39, 0.29) is 30.8 Å². The minimum absolute atomic E-state index is 0.00109. The lowest BCUT2D eigenvalue weighted by Crippen LogP contribution is -2.58. The van der Waals surface area contributed by atoms with Crippen LogP contribution in [0.2, 0.25) is 0 Å². The summed E-state index contributed by atoms with van der Waals surface area (Å²) in [6, 6.07) is 6.47. The summed E-state index contributed by atoms with van der Waals surface area (Å²) in [6.07, 6.45) is 0.192. The highest BCUT2D eigenvalue weighted by Gasteiger charge is 2.53. The number of aryl methyl sites for hydroxylation is 1. The van der Waals surface area contributed by atoms with Gasteiger partial charge < -0.3 is 20.6 Å². The predicted molar refractivity (Wildman–Crippen MR) is 158 cm³/mol. The third kappa shape index (κ3) is 6.47. The number of thiazole rings is 1. The topological polar surface area (TPSA) is 135 Å². The summed E-state index contributed by atoms with van der Waals surface area (Å²) in [4.78, 5) is 47.0. The summed E-state index contributed by atoms with van der Waals surface area (Å²) in [5.74, 6) is -1.25. The van der Waals surface area contributed by atoms with Gasteiger partial charge in [0.25, 0.3) is 0 Å². The first-order valence-electron chi connectivity index (χ1n) is 14.1. The number of nitriles is 1. The number of hydrogen-bond donors (Lipinski definition) is 3. The number of β-amino-alcohol motifs (C(OH)–C–C–N with tert-alkyl or cyclic N) is 1. The average molecular weight is 580 g/mol. The maximum absolute atomic E-state index is 13.8. The Kier molecular flexibility index (Phi) is 8.36. The second-order valence-corrected chi connectivity index (χ2v) is 14.3. The fourth-order valence-corrected chi connectivity index (χ4v) is 6.16. The van der Waals surface area contributed by atoms with Crippen LogP contribution in [-0.2, 0) is 26.3 Å². The van der Waals surface area contributed by atoms with Gasteiger partial charge in [0.2, 0.25) is 17.7 Å². The van der Waals surface area contributed by atoms with Crippen molar-refractivity contribution in [3.8, 4) is 16.5 Å². The second-order valence-electron chi connectivity index (χ2n) is 13.5. The third-order valence-electron chi connectivity index (χ3n) is 8.03. The fraction of sp³-hybridized carbons (Fsp3) is 0.581. The molecule has 2 aliphatic rings. The molecule has 10 heteroatoms. The Morgan fingerprint density at radius 1 is 1.22 bits per heavy atom. The number of rotatable bonds is 7. The summed E-state index contributed by atoms with van der Waals surface area (Å²) in [7, 11) is 0. The minimum atomic E-state index is -1.08. The zero-order valence-corrected chi connectivity index (χ0v) is 25.8. The smallest absolute Gasteiger partial charge is 0.246 e. The molecule has 3 atom stereocenters. The van der Waals surface area contributed by atoms with Crippen molar-refractivity contribution in [2.75, 3.05) is 6.54 Å². The number of aliphatic hydroxyl groups is 1. The van der Waals surface area contributed by atoms with Crippen molar-refractivity contribution in [2.45, 2.75) is 97.9 Å². The van der Waals surface area contributed by atoms with E-state index in [2.05, 4.69) is 48.5 Å². The minimum Gasteiger partial charge on any atom is -0.391 e. The number of amides is 3. The molecule has 4 rings (SSSR count).